The van der Waals surface area contributed by atoms with Crippen LogP contribution in [0, 0.1) is 5.92 Å². The van der Waals surface area contributed by atoms with E-state index in [0.717, 1.165) is 6.07 Å². The number of aliphatic hydroxyl groups excluding tert-OH is 1. The lowest BCUT2D eigenvalue weighted by atomic mass is 10.0. The van der Waals surface area contributed by atoms with Gasteiger partial charge in [-0.15, -0.1) is 0 Å². The summed E-state index contributed by atoms with van der Waals surface area (Å²) in [5.74, 6) is 0.0126. The van der Waals surface area contributed by atoms with Gasteiger partial charge in [0.05, 0.1) is 11.7 Å². The van der Waals surface area contributed by atoms with Gasteiger partial charge in [-0.2, -0.15) is 13.2 Å². The second kappa shape index (κ2) is 4.92. The minimum absolute atomic E-state index is 0.0126. The Bertz CT molecular complexity index is 460. The lowest BCUT2D eigenvalue weighted by molar-refractivity contribution is -0.137. The Kier molecular flexibility index (Phi) is 3.62. The predicted molar refractivity (Wildman–Crippen MR) is 67.9 cm³/mol. The minimum atomic E-state index is -4.42. The molecule has 1 aliphatic rings. The molecule has 1 saturated heterocycles. The molecule has 1 heterocycles. The lowest BCUT2D eigenvalue weighted by Crippen LogP contribution is -2.26. The Morgan fingerprint density at radius 1 is 1.42 bits per heavy atom. The van der Waals surface area contributed by atoms with Gasteiger partial charge in [0.1, 0.15) is 0 Å². The quantitative estimate of drug-likeness (QED) is 0.815. The van der Waals surface area contributed by atoms with Crippen LogP contribution in [0.2, 0.25) is 0 Å². The first-order valence-electron chi connectivity index (χ1n) is 6.19. The fraction of sp³-hybridized carbons (Fsp3) is 0.538. The van der Waals surface area contributed by atoms with Gasteiger partial charge >= 0.3 is 6.18 Å². The van der Waals surface area contributed by atoms with Crippen molar-refractivity contribution in [3.63, 3.8) is 0 Å². The summed E-state index contributed by atoms with van der Waals surface area (Å²) >= 11 is 0. The van der Waals surface area contributed by atoms with Gasteiger partial charge in [0.2, 0.25) is 0 Å². The second-order valence-electron chi connectivity index (χ2n) is 5.01. The molecule has 2 atom stereocenters. The molecule has 3 nitrogen and oxygen atoms in total. The van der Waals surface area contributed by atoms with Gasteiger partial charge in [-0.3, -0.25) is 0 Å². The maximum atomic E-state index is 13.0. The summed E-state index contributed by atoms with van der Waals surface area (Å²) in [4.78, 5) is 1.67. The standard InChI is InChI=1S/C13H17F3N2O/c1-8(19)9-4-5-18(7-9)12-3-2-10(17)6-11(12)13(14,15)16/h2-3,6,8-9,19H,4-5,7,17H2,1H3. The summed E-state index contributed by atoms with van der Waals surface area (Å²) in [7, 11) is 0. The highest BCUT2D eigenvalue weighted by Crippen LogP contribution is 2.39. The normalized spacial score (nSPS) is 21.7. The van der Waals surface area contributed by atoms with Crippen molar-refractivity contribution in [2.75, 3.05) is 23.7 Å². The van der Waals surface area contributed by atoms with Crippen molar-refractivity contribution < 1.29 is 18.3 Å². The van der Waals surface area contributed by atoms with Crippen LogP contribution in [0.1, 0.15) is 18.9 Å². The Balaban J connectivity index is 2.31. The van der Waals surface area contributed by atoms with Crippen LogP contribution in [0.3, 0.4) is 0 Å². The van der Waals surface area contributed by atoms with Crippen LogP contribution in [-0.2, 0) is 6.18 Å². The van der Waals surface area contributed by atoms with Gasteiger partial charge in [0.25, 0.3) is 0 Å². The number of benzene rings is 1. The second-order valence-corrected chi connectivity index (χ2v) is 5.01. The van der Waals surface area contributed by atoms with Crippen LogP contribution in [0.4, 0.5) is 24.5 Å². The number of alkyl halides is 3. The Morgan fingerprint density at radius 2 is 2.11 bits per heavy atom. The molecule has 6 heteroatoms. The van der Waals surface area contributed by atoms with Gasteiger partial charge in [-0.05, 0) is 31.5 Å². The van der Waals surface area contributed by atoms with Crippen molar-refractivity contribution in [2.24, 2.45) is 5.92 Å². The van der Waals surface area contributed by atoms with E-state index in [2.05, 4.69) is 0 Å². The molecule has 0 saturated carbocycles. The SMILES string of the molecule is CC(O)C1CCN(c2ccc(N)cc2C(F)(F)F)C1. The Hall–Kier alpha value is -1.43. The molecule has 0 aromatic heterocycles. The van der Waals surface area contributed by atoms with Crippen molar-refractivity contribution in [2.45, 2.75) is 25.6 Å². The number of aliphatic hydroxyl groups is 1. The molecule has 0 amide bonds. The smallest absolute Gasteiger partial charge is 0.399 e. The van der Waals surface area contributed by atoms with E-state index in [-0.39, 0.29) is 17.3 Å². The van der Waals surface area contributed by atoms with Gasteiger partial charge in [0, 0.05) is 30.4 Å². The van der Waals surface area contributed by atoms with Crippen molar-refractivity contribution >= 4 is 11.4 Å². The summed E-state index contributed by atoms with van der Waals surface area (Å²) in [5, 5.41) is 9.52. The molecule has 0 aliphatic carbocycles. The van der Waals surface area contributed by atoms with Crippen LogP contribution >= 0.6 is 0 Å². The monoisotopic (exact) mass is 274 g/mol. The summed E-state index contributed by atoms with van der Waals surface area (Å²) in [5.41, 5.74) is 4.97. The van der Waals surface area contributed by atoms with Crippen molar-refractivity contribution in [1.82, 2.24) is 0 Å². The van der Waals surface area contributed by atoms with E-state index in [1.54, 1.807) is 11.8 Å². The van der Waals surface area contributed by atoms with Crippen LogP contribution < -0.4 is 10.6 Å². The first-order valence-corrected chi connectivity index (χ1v) is 6.19. The predicted octanol–water partition coefficient (Wildman–Crippen LogP) is 2.49. The fourth-order valence-electron chi connectivity index (χ4n) is 2.46. The van der Waals surface area contributed by atoms with Crippen molar-refractivity contribution in [3.05, 3.63) is 23.8 Å². The Morgan fingerprint density at radius 3 is 2.63 bits per heavy atom. The highest BCUT2D eigenvalue weighted by atomic mass is 19.4. The van der Waals surface area contributed by atoms with E-state index < -0.39 is 17.8 Å². The fourth-order valence-corrected chi connectivity index (χ4v) is 2.46. The molecule has 106 valence electrons. The number of halogens is 3. The third kappa shape index (κ3) is 2.94. The molecule has 2 unspecified atom stereocenters. The lowest BCUT2D eigenvalue weighted by Gasteiger charge is -2.24. The summed E-state index contributed by atoms with van der Waals surface area (Å²) in [6, 6.07) is 3.84. The average molecular weight is 274 g/mol. The van der Waals surface area contributed by atoms with Crippen LogP contribution in [0.25, 0.3) is 0 Å². The van der Waals surface area contributed by atoms with E-state index in [9.17, 15) is 18.3 Å². The zero-order chi connectivity index (χ0) is 14.2. The highest BCUT2D eigenvalue weighted by molar-refractivity contribution is 5.61. The number of anilines is 2. The van der Waals surface area contributed by atoms with E-state index in [1.807, 2.05) is 0 Å². The number of rotatable bonds is 2. The van der Waals surface area contributed by atoms with Gasteiger partial charge in [-0.1, -0.05) is 0 Å². The zero-order valence-corrected chi connectivity index (χ0v) is 10.6. The van der Waals surface area contributed by atoms with E-state index in [0.29, 0.717) is 19.5 Å². The van der Waals surface area contributed by atoms with Gasteiger partial charge < -0.3 is 15.7 Å². The largest absolute Gasteiger partial charge is 0.418 e. The molecule has 2 rings (SSSR count). The van der Waals surface area contributed by atoms with Crippen LogP contribution in [0.15, 0.2) is 18.2 Å². The summed E-state index contributed by atoms with van der Waals surface area (Å²) < 4.78 is 39.0. The summed E-state index contributed by atoms with van der Waals surface area (Å²) in [6.07, 6.45) is -4.24. The number of hydrogen-bond acceptors (Lipinski definition) is 3. The number of nitrogens with two attached hydrogens (primary N) is 1. The molecular formula is C13H17F3N2O. The van der Waals surface area contributed by atoms with E-state index in [4.69, 9.17) is 5.73 Å². The molecule has 0 radical (unpaired) electrons. The van der Waals surface area contributed by atoms with Crippen molar-refractivity contribution in [3.8, 4) is 0 Å². The molecule has 19 heavy (non-hydrogen) atoms. The third-order valence-electron chi connectivity index (χ3n) is 3.57. The average Bonchev–Trinajstić information content (AvgIpc) is 2.77. The van der Waals surface area contributed by atoms with Crippen molar-refractivity contribution in [1.29, 1.82) is 0 Å². The number of hydrogen-bond donors (Lipinski definition) is 2. The van der Waals surface area contributed by atoms with Crippen LogP contribution in [0.5, 0.6) is 0 Å². The van der Waals surface area contributed by atoms with Gasteiger partial charge in [0.15, 0.2) is 0 Å². The topological polar surface area (TPSA) is 49.5 Å². The third-order valence-corrected chi connectivity index (χ3v) is 3.57. The Labute approximate surface area is 109 Å². The first-order chi connectivity index (χ1) is 8.79. The molecule has 1 aliphatic heterocycles. The summed E-state index contributed by atoms with van der Waals surface area (Å²) in [6.45, 7) is 2.62. The highest BCUT2D eigenvalue weighted by Gasteiger charge is 2.37. The van der Waals surface area contributed by atoms with Gasteiger partial charge in [-0.25, -0.2) is 0 Å². The van der Waals surface area contributed by atoms with E-state index >= 15 is 0 Å². The molecule has 0 spiro atoms. The number of nitrogen functional groups attached to an aromatic ring is 1. The molecule has 1 fully saturated rings. The zero-order valence-electron chi connectivity index (χ0n) is 10.6. The molecule has 0 bridgehead atoms. The maximum absolute atomic E-state index is 13.0. The molecule has 1 aromatic carbocycles. The first kappa shape index (κ1) is 14.0. The molecular weight excluding hydrogens is 257 g/mol. The molecule has 1 aromatic rings. The maximum Gasteiger partial charge on any atom is 0.418 e. The van der Waals surface area contributed by atoms with E-state index in [1.165, 1.54) is 12.1 Å². The number of nitrogens with zero attached hydrogens (tertiary/aromatic N) is 1. The molecule has 3 N–H and O–H groups in total. The minimum Gasteiger partial charge on any atom is -0.399 e. The van der Waals surface area contributed by atoms with Crippen LogP contribution in [-0.4, -0.2) is 24.3 Å².